The summed E-state index contributed by atoms with van der Waals surface area (Å²) in [4.78, 5) is 0. The van der Waals surface area contributed by atoms with Gasteiger partial charge in [0.1, 0.15) is 6.17 Å². The van der Waals surface area contributed by atoms with Crippen molar-refractivity contribution in [2.75, 3.05) is 0 Å². The Balaban J connectivity index is 2.49. The van der Waals surface area contributed by atoms with Gasteiger partial charge < -0.3 is 5.73 Å². The van der Waals surface area contributed by atoms with Gasteiger partial charge in [-0.15, -0.1) is 0 Å². The van der Waals surface area contributed by atoms with Crippen LogP contribution in [0.5, 0.6) is 0 Å². The second-order valence-electron chi connectivity index (χ2n) is 4.09. The third kappa shape index (κ3) is 1.69. The van der Waals surface area contributed by atoms with Gasteiger partial charge in [-0.3, -0.25) is 0 Å². The largest absolute Gasteiger partial charge is 0.325 e. The summed E-state index contributed by atoms with van der Waals surface area (Å²) < 4.78 is 12.9. The zero-order valence-electron chi connectivity index (χ0n) is 6.73. The molecule has 60 valence electrons. The Morgan fingerprint density at radius 3 is 2.50 bits per heavy atom. The minimum Gasteiger partial charge on any atom is -0.325 e. The molecule has 1 aliphatic carbocycles. The molecular weight excluding hydrogens is 129 g/mol. The number of hydrogen-bond acceptors (Lipinski definition) is 1. The maximum atomic E-state index is 12.9. The van der Waals surface area contributed by atoms with Crippen LogP contribution in [0, 0.1) is 5.41 Å². The normalized spacial score (nSPS) is 39.6. The van der Waals surface area contributed by atoms with Crippen LogP contribution in [-0.2, 0) is 0 Å². The molecule has 2 heteroatoms. The Morgan fingerprint density at radius 1 is 1.50 bits per heavy atom. The molecule has 2 N–H and O–H groups in total. The van der Waals surface area contributed by atoms with E-state index in [1.165, 1.54) is 0 Å². The Kier molecular flexibility index (Phi) is 1.99. The molecule has 0 radical (unpaired) electrons. The van der Waals surface area contributed by atoms with E-state index in [0.717, 1.165) is 12.8 Å². The lowest BCUT2D eigenvalue weighted by Gasteiger charge is -2.35. The maximum absolute atomic E-state index is 12.9. The minimum atomic E-state index is -0.774. The molecule has 0 spiro atoms. The zero-order valence-corrected chi connectivity index (χ0v) is 6.73. The van der Waals surface area contributed by atoms with Gasteiger partial charge in [-0.1, -0.05) is 13.8 Å². The van der Waals surface area contributed by atoms with Crippen molar-refractivity contribution in [2.45, 2.75) is 45.3 Å². The SMILES string of the molecule is CC1(C)CC[C@@H](N)[C@@H](F)C1. The van der Waals surface area contributed by atoms with E-state index in [1.807, 2.05) is 0 Å². The lowest BCUT2D eigenvalue weighted by molar-refractivity contribution is 0.118. The number of rotatable bonds is 0. The lowest BCUT2D eigenvalue weighted by Crippen LogP contribution is -2.40. The Morgan fingerprint density at radius 2 is 2.10 bits per heavy atom. The molecule has 1 nitrogen and oxygen atoms in total. The van der Waals surface area contributed by atoms with E-state index >= 15 is 0 Å². The third-order valence-electron chi connectivity index (χ3n) is 2.37. The van der Waals surface area contributed by atoms with Gasteiger partial charge in [-0.05, 0) is 24.7 Å². The topological polar surface area (TPSA) is 26.0 Å². The number of nitrogens with two attached hydrogens (primary N) is 1. The van der Waals surface area contributed by atoms with Crippen molar-refractivity contribution in [2.24, 2.45) is 11.1 Å². The smallest absolute Gasteiger partial charge is 0.116 e. The third-order valence-corrected chi connectivity index (χ3v) is 2.37. The van der Waals surface area contributed by atoms with E-state index in [9.17, 15) is 4.39 Å². The highest BCUT2D eigenvalue weighted by molar-refractivity contribution is 4.86. The first-order valence-corrected chi connectivity index (χ1v) is 3.91. The fourth-order valence-electron chi connectivity index (χ4n) is 1.52. The quantitative estimate of drug-likeness (QED) is 0.553. The second-order valence-corrected chi connectivity index (χ2v) is 4.09. The molecule has 0 aromatic heterocycles. The highest BCUT2D eigenvalue weighted by atomic mass is 19.1. The van der Waals surface area contributed by atoms with Gasteiger partial charge in [0.05, 0.1) is 0 Å². The molecule has 0 heterocycles. The van der Waals surface area contributed by atoms with Crippen LogP contribution in [0.4, 0.5) is 4.39 Å². The van der Waals surface area contributed by atoms with Crippen LogP contribution in [0.2, 0.25) is 0 Å². The van der Waals surface area contributed by atoms with Gasteiger partial charge in [-0.25, -0.2) is 4.39 Å². The summed E-state index contributed by atoms with van der Waals surface area (Å²) in [5.74, 6) is 0. The Hall–Kier alpha value is -0.110. The lowest BCUT2D eigenvalue weighted by atomic mass is 9.75. The van der Waals surface area contributed by atoms with E-state index in [-0.39, 0.29) is 11.5 Å². The second kappa shape index (κ2) is 2.50. The molecule has 0 amide bonds. The fourth-order valence-corrected chi connectivity index (χ4v) is 1.52. The van der Waals surface area contributed by atoms with Crippen molar-refractivity contribution >= 4 is 0 Å². The first-order valence-electron chi connectivity index (χ1n) is 3.91. The zero-order chi connectivity index (χ0) is 7.78. The molecule has 0 saturated heterocycles. The van der Waals surface area contributed by atoms with E-state index in [2.05, 4.69) is 13.8 Å². The summed E-state index contributed by atoms with van der Waals surface area (Å²) in [6.45, 7) is 4.21. The standard InChI is InChI=1S/C8H16FN/c1-8(2)4-3-7(10)6(9)5-8/h6-7H,3-5,10H2,1-2H3/t6-,7+/m0/s1. The van der Waals surface area contributed by atoms with Gasteiger partial charge in [0.15, 0.2) is 0 Å². The van der Waals surface area contributed by atoms with Crippen LogP contribution in [-0.4, -0.2) is 12.2 Å². The summed E-state index contributed by atoms with van der Waals surface area (Å²) in [7, 11) is 0. The van der Waals surface area contributed by atoms with Crippen molar-refractivity contribution in [3.63, 3.8) is 0 Å². The fraction of sp³-hybridized carbons (Fsp3) is 1.00. The van der Waals surface area contributed by atoms with Crippen LogP contribution in [0.3, 0.4) is 0 Å². The van der Waals surface area contributed by atoms with Gasteiger partial charge in [0.2, 0.25) is 0 Å². The Bertz CT molecular complexity index is 122. The number of halogens is 1. The highest BCUT2D eigenvalue weighted by Gasteiger charge is 2.32. The summed E-state index contributed by atoms with van der Waals surface area (Å²) in [6, 6.07) is -0.201. The molecule has 2 atom stereocenters. The van der Waals surface area contributed by atoms with E-state index < -0.39 is 6.17 Å². The van der Waals surface area contributed by atoms with Crippen molar-refractivity contribution in [3.05, 3.63) is 0 Å². The Labute approximate surface area is 61.8 Å². The summed E-state index contributed by atoms with van der Waals surface area (Å²) in [5.41, 5.74) is 5.70. The molecule has 0 bridgehead atoms. The number of hydrogen-bond donors (Lipinski definition) is 1. The van der Waals surface area contributed by atoms with E-state index in [4.69, 9.17) is 5.73 Å². The van der Waals surface area contributed by atoms with Crippen LogP contribution < -0.4 is 5.73 Å². The molecule has 1 rings (SSSR count). The van der Waals surface area contributed by atoms with Crippen molar-refractivity contribution in [1.29, 1.82) is 0 Å². The molecule has 1 aliphatic rings. The monoisotopic (exact) mass is 145 g/mol. The molecule has 0 aromatic carbocycles. The summed E-state index contributed by atoms with van der Waals surface area (Å²) >= 11 is 0. The predicted molar refractivity (Wildman–Crippen MR) is 40.5 cm³/mol. The predicted octanol–water partition coefficient (Wildman–Crippen LogP) is 1.86. The van der Waals surface area contributed by atoms with Crippen LogP contribution >= 0.6 is 0 Å². The molecule has 0 unspecified atom stereocenters. The van der Waals surface area contributed by atoms with Crippen molar-refractivity contribution in [1.82, 2.24) is 0 Å². The van der Waals surface area contributed by atoms with E-state index in [0.29, 0.717) is 6.42 Å². The van der Waals surface area contributed by atoms with Gasteiger partial charge in [-0.2, -0.15) is 0 Å². The van der Waals surface area contributed by atoms with E-state index in [1.54, 1.807) is 0 Å². The van der Waals surface area contributed by atoms with Gasteiger partial charge in [0.25, 0.3) is 0 Å². The van der Waals surface area contributed by atoms with Crippen LogP contribution in [0.25, 0.3) is 0 Å². The number of alkyl halides is 1. The summed E-state index contributed by atoms with van der Waals surface area (Å²) in [6.07, 6.45) is 1.76. The molecule has 1 fully saturated rings. The molecule has 0 aliphatic heterocycles. The highest BCUT2D eigenvalue weighted by Crippen LogP contribution is 2.35. The molecule has 10 heavy (non-hydrogen) atoms. The average molecular weight is 145 g/mol. The molecule has 0 aromatic rings. The molecular formula is C8H16FN. The summed E-state index contributed by atoms with van der Waals surface area (Å²) in [5, 5.41) is 0. The molecule has 1 saturated carbocycles. The van der Waals surface area contributed by atoms with Gasteiger partial charge in [0, 0.05) is 6.04 Å². The first kappa shape index (κ1) is 7.99. The average Bonchev–Trinajstić information content (AvgIpc) is 1.79. The maximum Gasteiger partial charge on any atom is 0.116 e. The van der Waals surface area contributed by atoms with Crippen LogP contribution in [0.1, 0.15) is 33.1 Å². The van der Waals surface area contributed by atoms with Crippen molar-refractivity contribution in [3.8, 4) is 0 Å². The van der Waals surface area contributed by atoms with Crippen molar-refractivity contribution < 1.29 is 4.39 Å². The first-order chi connectivity index (χ1) is 4.51. The van der Waals surface area contributed by atoms with Crippen LogP contribution in [0.15, 0.2) is 0 Å². The van der Waals surface area contributed by atoms with Gasteiger partial charge >= 0.3 is 0 Å². The minimum absolute atomic E-state index is 0.176.